The van der Waals surface area contributed by atoms with Crippen LogP contribution in [0.1, 0.15) is 57.6 Å². The summed E-state index contributed by atoms with van der Waals surface area (Å²) in [7, 11) is 1.64. The molecule has 1 amide bonds. The first-order valence-electron chi connectivity index (χ1n) is 11.5. The number of nitrogens with one attached hydrogen (secondary N) is 1. The van der Waals surface area contributed by atoms with Gasteiger partial charge in [0.05, 0.1) is 22.8 Å². The molecule has 0 radical (unpaired) electrons. The first-order valence-corrected chi connectivity index (χ1v) is 11.5. The summed E-state index contributed by atoms with van der Waals surface area (Å²) in [6, 6.07) is 6.34. The number of carbonyl (C=O) groups is 1. The van der Waals surface area contributed by atoms with E-state index in [1.807, 2.05) is 0 Å². The molecule has 192 valence electrons. The van der Waals surface area contributed by atoms with Gasteiger partial charge in [-0.15, -0.1) is 0 Å². The molecule has 2 heterocycles. The van der Waals surface area contributed by atoms with Gasteiger partial charge in [-0.05, 0) is 53.7 Å². The number of nitrogens with zero attached hydrogens (tertiary/aromatic N) is 3. The van der Waals surface area contributed by atoms with Crippen molar-refractivity contribution >= 4 is 28.3 Å². The van der Waals surface area contributed by atoms with E-state index in [2.05, 4.69) is 15.3 Å². The van der Waals surface area contributed by atoms with Crippen LogP contribution in [-0.4, -0.2) is 39.2 Å². The van der Waals surface area contributed by atoms with Crippen LogP contribution in [0.2, 0.25) is 0 Å². The van der Waals surface area contributed by atoms with Gasteiger partial charge in [-0.1, -0.05) is 12.1 Å². The Kier molecular flexibility index (Phi) is 5.94. The van der Waals surface area contributed by atoms with Crippen molar-refractivity contribution in [3.63, 3.8) is 0 Å². The Morgan fingerprint density at radius 1 is 1.19 bits per heavy atom. The van der Waals surface area contributed by atoms with Gasteiger partial charge < -0.3 is 20.1 Å². The van der Waals surface area contributed by atoms with Crippen molar-refractivity contribution in [3.05, 3.63) is 53.1 Å². The molecular weight excluding hydrogens is 473 g/mol. The smallest absolute Gasteiger partial charge is 0.303 e. The number of aromatic nitrogens is 2. The normalized spacial score (nSPS) is 16.5. The second-order valence-electron chi connectivity index (χ2n) is 10.1. The number of amides is 1. The quantitative estimate of drug-likeness (QED) is 0.496. The molecular formula is C26H29F3N4O3. The summed E-state index contributed by atoms with van der Waals surface area (Å²) in [6.07, 6.45) is 0. The number of ether oxygens (including phenoxy) is 1. The van der Waals surface area contributed by atoms with Crippen LogP contribution in [0, 0.1) is 12.7 Å². The van der Waals surface area contributed by atoms with Crippen molar-refractivity contribution in [3.8, 4) is 5.75 Å². The number of halogens is 3. The molecule has 36 heavy (non-hydrogen) atoms. The largest absolute Gasteiger partial charge is 0.476 e. The van der Waals surface area contributed by atoms with Crippen molar-refractivity contribution in [1.29, 1.82) is 0 Å². The predicted octanol–water partition coefficient (Wildman–Crippen LogP) is 5.25. The number of hydrogen-bond donors (Lipinski definition) is 2. The second kappa shape index (κ2) is 8.33. The topological polar surface area (TPSA) is 87.6 Å². The summed E-state index contributed by atoms with van der Waals surface area (Å²) < 4.78 is 50.8. The number of hydrogen-bond acceptors (Lipinski definition) is 6. The van der Waals surface area contributed by atoms with E-state index >= 15 is 4.39 Å². The third-order valence-corrected chi connectivity index (χ3v) is 6.39. The summed E-state index contributed by atoms with van der Waals surface area (Å²) >= 11 is 0. The third kappa shape index (κ3) is 4.13. The lowest BCUT2D eigenvalue weighted by atomic mass is 9.91. The van der Waals surface area contributed by atoms with Crippen LogP contribution in [-0.2, 0) is 10.7 Å². The summed E-state index contributed by atoms with van der Waals surface area (Å²) in [5.74, 6) is -3.89. The fourth-order valence-electron chi connectivity index (χ4n) is 4.29. The van der Waals surface area contributed by atoms with Gasteiger partial charge in [0.25, 0.3) is 5.91 Å². The third-order valence-electron chi connectivity index (χ3n) is 6.39. The number of benzene rings is 2. The molecule has 1 aliphatic heterocycles. The first-order chi connectivity index (χ1) is 16.5. The van der Waals surface area contributed by atoms with Crippen molar-refractivity contribution in [1.82, 2.24) is 9.97 Å². The molecule has 0 spiro atoms. The van der Waals surface area contributed by atoms with Crippen LogP contribution in [0.5, 0.6) is 5.75 Å². The van der Waals surface area contributed by atoms with E-state index in [-0.39, 0.29) is 11.5 Å². The highest BCUT2D eigenvalue weighted by Gasteiger charge is 2.49. The molecule has 7 nitrogen and oxygen atoms in total. The molecule has 0 unspecified atom stereocenters. The number of carbonyl (C=O) groups excluding carboxylic acids is 1. The molecule has 0 aliphatic carbocycles. The standard InChI is InChI=1S/C26H29F3N4O3/c1-13(15-9-8-10-17(21(15)27)26(28,29)25(5,6)35)30-22-16-11-19-20(12-18(16)31-14(2)32-22)36-24(3,4)23(34)33(19)7/h8-13,35H,1-7H3,(H,30,31,32)/t13-/m1/s1. The number of fused-ring (bicyclic) bond motifs is 2. The number of alkyl halides is 2. The Morgan fingerprint density at radius 3 is 2.50 bits per heavy atom. The molecule has 0 saturated carbocycles. The molecule has 3 aromatic rings. The lowest BCUT2D eigenvalue weighted by Gasteiger charge is -2.37. The van der Waals surface area contributed by atoms with Crippen LogP contribution >= 0.6 is 0 Å². The summed E-state index contributed by atoms with van der Waals surface area (Å²) in [6.45, 7) is 8.55. The molecule has 0 bridgehead atoms. The first kappa shape index (κ1) is 25.7. The van der Waals surface area contributed by atoms with Gasteiger partial charge in [0.15, 0.2) is 5.60 Å². The van der Waals surface area contributed by atoms with E-state index in [4.69, 9.17) is 4.74 Å². The van der Waals surface area contributed by atoms with E-state index in [9.17, 15) is 18.7 Å². The summed E-state index contributed by atoms with van der Waals surface area (Å²) in [5.41, 5.74) is -3.34. The number of rotatable bonds is 5. The maximum absolute atomic E-state index is 15.3. The van der Waals surface area contributed by atoms with Crippen LogP contribution in [0.4, 0.5) is 24.7 Å². The molecule has 1 atom stereocenters. The lowest BCUT2D eigenvalue weighted by Crippen LogP contribution is -2.50. The lowest BCUT2D eigenvalue weighted by molar-refractivity contribution is -0.170. The van der Waals surface area contributed by atoms with Gasteiger partial charge in [0.2, 0.25) is 0 Å². The van der Waals surface area contributed by atoms with Gasteiger partial charge in [-0.3, -0.25) is 4.79 Å². The van der Waals surface area contributed by atoms with Gasteiger partial charge in [-0.2, -0.15) is 8.78 Å². The zero-order valence-corrected chi connectivity index (χ0v) is 21.2. The van der Waals surface area contributed by atoms with Crippen LogP contribution in [0.15, 0.2) is 30.3 Å². The fourth-order valence-corrected chi connectivity index (χ4v) is 4.29. The van der Waals surface area contributed by atoms with Gasteiger partial charge in [-0.25, -0.2) is 14.4 Å². The van der Waals surface area contributed by atoms with Crippen LogP contribution in [0.25, 0.3) is 10.9 Å². The van der Waals surface area contributed by atoms with E-state index in [1.165, 1.54) is 17.0 Å². The Labute approximate surface area is 207 Å². The Hall–Kier alpha value is -3.40. The van der Waals surface area contributed by atoms with Crippen molar-refractivity contribution in [2.75, 3.05) is 17.3 Å². The SMILES string of the molecule is Cc1nc(N[C@H](C)c2cccc(C(F)(F)C(C)(C)O)c2F)c2cc3c(cc2n1)OC(C)(C)C(=O)N3C. The van der Waals surface area contributed by atoms with Crippen LogP contribution in [0.3, 0.4) is 0 Å². The van der Waals surface area contributed by atoms with Crippen molar-refractivity contribution < 1.29 is 27.8 Å². The molecule has 0 fully saturated rings. The van der Waals surface area contributed by atoms with Gasteiger partial charge >= 0.3 is 5.92 Å². The molecule has 1 aromatic heterocycles. The average Bonchev–Trinajstić information content (AvgIpc) is 2.75. The Balaban J connectivity index is 1.78. The molecule has 1 aliphatic rings. The van der Waals surface area contributed by atoms with E-state index < -0.39 is 34.5 Å². The highest BCUT2D eigenvalue weighted by atomic mass is 19.3. The molecule has 2 aromatic carbocycles. The highest BCUT2D eigenvalue weighted by molar-refractivity contribution is 6.05. The number of aliphatic hydroxyl groups is 1. The minimum atomic E-state index is -3.81. The highest BCUT2D eigenvalue weighted by Crippen LogP contribution is 2.43. The molecule has 4 rings (SSSR count). The average molecular weight is 503 g/mol. The predicted molar refractivity (Wildman–Crippen MR) is 131 cm³/mol. The number of anilines is 2. The summed E-state index contributed by atoms with van der Waals surface area (Å²) in [4.78, 5) is 23.1. The second-order valence-corrected chi connectivity index (χ2v) is 10.1. The van der Waals surface area contributed by atoms with E-state index in [0.29, 0.717) is 34.0 Å². The van der Waals surface area contributed by atoms with Crippen LogP contribution < -0.4 is 15.0 Å². The van der Waals surface area contributed by atoms with Crippen molar-refractivity contribution in [2.45, 2.75) is 64.7 Å². The zero-order chi connectivity index (χ0) is 26.8. The maximum Gasteiger partial charge on any atom is 0.303 e. The Morgan fingerprint density at radius 2 is 1.86 bits per heavy atom. The molecule has 0 saturated heterocycles. The number of aryl methyl sites for hydroxylation is 1. The Bertz CT molecular complexity index is 1370. The maximum atomic E-state index is 15.3. The van der Waals surface area contributed by atoms with Crippen molar-refractivity contribution in [2.24, 2.45) is 0 Å². The summed E-state index contributed by atoms with van der Waals surface area (Å²) in [5, 5.41) is 13.6. The minimum Gasteiger partial charge on any atom is -0.476 e. The fraction of sp³-hybridized carbons (Fsp3) is 0.423. The minimum absolute atomic E-state index is 0.0174. The van der Waals surface area contributed by atoms with E-state index in [0.717, 1.165) is 19.9 Å². The van der Waals surface area contributed by atoms with Gasteiger partial charge in [0.1, 0.15) is 28.8 Å². The van der Waals surface area contributed by atoms with Gasteiger partial charge in [0, 0.05) is 24.1 Å². The zero-order valence-electron chi connectivity index (χ0n) is 21.2. The molecule has 10 heteroatoms. The molecule has 2 N–H and O–H groups in total. The van der Waals surface area contributed by atoms with E-state index in [1.54, 1.807) is 46.9 Å². The number of likely N-dealkylation sites (N-methyl/N-ethyl adjacent to an activating group) is 1. The monoisotopic (exact) mass is 502 g/mol.